The van der Waals surface area contributed by atoms with Gasteiger partial charge in [0.2, 0.25) is 0 Å². The molecule has 0 fully saturated rings. The van der Waals surface area contributed by atoms with Crippen molar-refractivity contribution in [3.05, 3.63) is 29.8 Å². The van der Waals surface area contributed by atoms with Crippen molar-refractivity contribution in [2.45, 2.75) is 19.6 Å². The smallest absolute Gasteiger partial charge is 0.263 e. The molecule has 1 atom stereocenters. The third-order valence-electron chi connectivity index (χ3n) is 2.70. The molecule has 0 aromatic heterocycles. The molecule has 2 rings (SSSR count). The standard InChI is InChI=1S/C12H16N2O2/c1-9-12(15)14(7-6-13)8-10-4-2-3-5-11(10)16-9/h2-5,9H,6-8,13H2,1H3/t9-/m0/s1. The second-order valence-corrected chi connectivity index (χ2v) is 3.92. The first kappa shape index (κ1) is 11.0. The van der Waals surface area contributed by atoms with Crippen LogP contribution < -0.4 is 10.5 Å². The minimum atomic E-state index is -0.435. The number of amides is 1. The van der Waals surface area contributed by atoms with E-state index < -0.39 is 6.10 Å². The molecule has 1 heterocycles. The third kappa shape index (κ3) is 2.02. The van der Waals surface area contributed by atoms with Crippen molar-refractivity contribution in [1.29, 1.82) is 0 Å². The number of ether oxygens (including phenoxy) is 1. The number of carbonyl (C=O) groups excluding carboxylic acids is 1. The van der Waals surface area contributed by atoms with Gasteiger partial charge in [-0.2, -0.15) is 0 Å². The molecule has 4 heteroatoms. The first-order valence-corrected chi connectivity index (χ1v) is 5.46. The van der Waals surface area contributed by atoms with Gasteiger partial charge >= 0.3 is 0 Å². The highest BCUT2D eigenvalue weighted by Gasteiger charge is 2.26. The van der Waals surface area contributed by atoms with Crippen LogP contribution in [0.5, 0.6) is 5.75 Å². The van der Waals surface area contributed by atoms with Gasteiger partial charge in [-0.25, -0.2) is 0 Å². The average molecular weight is 220 g/mol. The Morgan fingerprint density at radius 2 is 2.25 bits per heavy atom. The van der Waals surface area contributed by atoms with Gasteiger partial charge in [0.15, 0.2) is 6.10 Å². The van der Waals surface area contributed by atoms with Gasteiger partial charge in [0.1, 0.15) is 5.75 Å². The maximum Gasteiger partial charge on any atom is 0.263 e. The van der Waals surface area contributed by atoms with E-state index in [2.05, 4.69) is 0 Å². The van der Waals surface area contributed by atoms with Crippen LogP contribution >= 0.6 is 0 Å². The predicted octanol–water partition coefficient (Wildman–Crippen LogP) is 0.755. The number of nitrogens with two attached hydrogens (primary N) is 1. The van der Waals surface area contributed by atoms with Crippen molar-refractivity contribution in [3.8, 4) is 5.75 Å². The monoisotopic (exact) mass is 220 g/mol. The Morgan fingerprint density at radius 3 is 3.00 bits per heavy atom. The summed E-state index contributed by atoms with van der Waals surface area (Å²) in [4.78, 5) is 13.7. The molecular weight excluding hydrogens is 204 g/mol. The number of hydrogen-bond acceptors (Lipinski definition) is 3. The van der Waals surface area contributed by atoms with Gasteiger partial charge in [0.25, 0.3) is 5.91 Å². The minimum Gasteiger partial charge on any atom is -0.481 e. The highest BCUT2D eigenvalue weighted by Crippen LogP contribution is 2.24. The van der Waals surface area contributed by atoms with Crippen molar-refractivity contribution in [1.82, 2.24) is 4.90 Å². The van der Waals surface area contributed by atoms with Gasteiger partial charge in [-0.3, -0.25) is 4.79 Å². The van der Waals surface area contributed by atoms with Crippen LogP contribution in [0.3, 0.4) is 0 Å². The van der Waals surface area contributed by atoms with Crippen LogP contribution in [-0.4, -0.2) is 30.0 Å². The molecule has 86 valence electrons. The van der Waals surface area contributed by atoms with Crippen LogP contribution in [0.1, 0.15) is 12.5 Å². The van der Waals surface area contributed by atoms with E-state index in [1.807, 2.05) is 24.3 Å². The van der Waals surface area contributed by atoms with Crippen molar-refractivity contribution < 1.29 is 9.53 Å². The van der Waals surface area contributed by atoms with E-state index in [4.69, 9.17) is 10.5 Å². The number of rotatable bonds is 2. The van der Waals surface area contributed by atoms with Gasteiger partial charge in [0.05, 0.1) is 0 Å². The number of fused-ring (bicyclic) bond motifs is 1. The molecule has 1 aliphatic heterocycles. The predicted molar refractivity (Wildman–Crippen MR) is 61.0 cm³/mol. The molecule has 2 N–H and O–H groups in total. The zero-order chi connectivity index (χ0) is 11.5. The number of nitrogens with zero attached hydrogens (tertiary/aromatic N) is 1. The Hall–Kier alpha value is -1.55. The fourth-order valence-corrected chi connectivity index (χ4v) is 1.88. The molecule has 1 aromatic rings. The third-order valence-corrected chi connectivity index (χ3v) is 2.70. The Bertz CT molecular complexity index is 392. The van der Waals surface area contributed by atoms with Crippen LogP contribution in [0.15, 0.2) is 24.3 Å². The second-order valence-electron chi connectivity index (χ2n) is 3.92. The van der Waals surface area contributed by atoms with Crippen LogP contribution in [0.2, 0.25) is 0 Å². The Labute approximate surface area is 95.0 Å². The molecule has 0 unspecified atom stereocenters. The Morgan fingerprint density at radius 1 is 1.50 bits per heavy atom. The summed E-state index contributed by atoms with van der Waals surface area (Å²) < 4.78 is 5.61. The molecule has 0 bridgehead atoms. The summed E-state index contributed by atoms with van der Waals surface area (Å²) in [5, 5.41) is 0. The summed E-state index contributed by atoms with van der Waals surface area (Å²) in [6.45, 7) is 3.39. The topological polar surface area (TPSA) is 55.6 Å². The maximum atomic E-state index is 11.9. The van der Waals surface area contributed by atoms with Crippen LogP contribution in [-0.2, 0) is 11.3 Å². The average Bonchev–Trinajstić information content (AvgIpc) is 2.40. The largest absolute Gasteiger partial charge is 0.481 e. The van der Waals surface area contributed by atoms with Gasteiger partial charge < -0.3 is 15.4 Å². The van der Waals surface area contributed by atoms with Gasteiger partial charge in [-0.15, -0.1) is 0 Å². The van der Waals surface area contributed by atoms with Crippen molar-refractivity contribution in [3.63, 3.8) is 0 Å². The Balaban J connectivity index is 2.30. The fraction of sp³-hybridized carbons (Fsp3) is 0.417. The lowest BCUT2D eigenvalue weighted by Gasteiger charge is -2.21. The first-order chi connectivity index (χ1) is 7.72. The summed E-state index contributed by atoms with van der Waals surface area (Å²) in [5.41, 5.74) is 6.54. The molecule has 0 radical (unpaired) electrons. The molecular formula is C12H16N2O2. The highest BCUT2D eigenvalue weighted by molar-refractivity contribution is 5.81. The van der Waals surface area contributed by atoms with Crippen molar-refractivity contribution >= 4 is 5.91 Å². The van der Waals surface area contributed by atoms with E-state index in [1.54, 1.807) is 11.8 Å². The van der Waals surface area contributed by atoms with Crippen LogP contribution in [0.4, 0.5) is 0 Å². The van der Waals surface area contributed by atoms with Gasteiger partial charge in [-0.1, -0.05) is 18.2 Å². The van der Waals surface area contributed by atoms with E-state index in [9.17, 15) is 4.79 Å². The summed E-state index contributed by atoms with van der Waals surface area (Å²) in [5.74, 6) is 0.796. The summed E-state index contributed by atoms with van der Waals surface area (Å²) >= 11 is 0. The molecule has 0 saturated carbocycles. The van der Waals surface area contributed by atoms with Crippen molar-refractivity contribution in [2.75, 3.05) is 13.1 Å². The zero-order valence-electron chi connectivity index (χ0n) is 9.35. The lowest BCUT2D eigenvalue weighted by molar-refractivity contribution is -0.137. The molecule has 16 heavy (non-hydrogen) atoms. The highest BCUT2D eigenvalue weighted by atomic mass is 16.5. The lowest BCUT2D eigenvalue weighted by Crippen LogP contribution is -2.40. The van der Waals surface area contributed by atoms with E-state index in [0.717, 1.165) is 11.3 Å². The van der Waals surface area contributed by atoms with E-state index >= 15 is 0 Å². The first-order valence-electron chi connectivity index (χ1n) is 5.46. The molecule has 4 nitrogen and oxygen atoms in total. The normalized spacial score (nSPS) is 20.0. The molecule has 0 aliphatic carbocycles. The fourth-order valence-electron chi connectivity index (χ4n) is 1.88. The van der Waals surface area contributed by atoms with E-state index in [0.29, 0.717) is 19.6 Å². The molecule has 0 spiro atoms. The maximum absolute atomic E-state index is 11.9. The van der Waals surface area contributed by atoms with Crippen molar-refractivity contribution in [2.24, 2.45) is 5.73 Å². The summed E-state index contributed by atoms with van der Waals surface area (Å²) in [7, 11) is 0. The summed E-state index contributed by atoms with van der Waals surface area (Å²) in [6.07, 6.45) is -0.435. The molecule has 0 saturated heterocycles. The molecule has 1 amide bonds. The SMILES string of the molecule is C[C@@H]1Oc2ccccc2CN(CCN)C1=O. The Kier molecular flexibility index (Phi) is 3.10. The quantitative estimate of drug-likeness (QED) is 0.800. The van der Waals surface area contributed by atoms with Gasteiger partial charge in [-0.05, 0) is 13.0 Å². The second kappa shape index (κ2) is 4.53. The number of hydrogen-bond donors (Lipinski definition) is 1. The van der Waals surface area contributed by atoms with E-state index in [-0.39, 0.29) is 5.91 Å². The summed E-state index contributed by atoms with van der Waals surface area (Å²) in [6, 6.07) is 7.73. The zero-order valence-corrected chi connectivity index (χ0v) is 9.35. The number of benzene rings is 1. The minimum absolute atomic E-state index is 0.00153. The number of carbonyl (C=O) groups is 1. The lowest BCUT2D eigenvalue weighted by atomic mass is 10.2. The number of para-hydroxylation sites is 1. The molecule has 1 aliphatic rings. The van der Waals surface area contributed by atoms with E-state index in [1.165, 1.54) is 0 Å². The molecule has 1 aromatic carbocycles. The van der Waals surface area contributed by atoms with Crippen LogP contribution in [0, 0.1) is 0 Å². The van der Waals surface area contributed by atoms with Gasteiger partial charge in [0, 0.05) is 25.2 Å². The van der Waals surface area contributed by atoms with Crippen LogP contribution in [0.25, 0.3) is 0 Å².